The van der Waals surface area contributed by atoms with Gasteiger partial charge in [0.15, 0.2) is 0 Å². The van der Waals surface area contributed by atoms with Crippen molar-refractivity contribution < 1.29 is 14.0 Å². The highest BCUT2D eigenvalue weighted by Crippen LogP contribution is 2.41. The summed E-state index contributed by atoms with van der Waals surface area (Å²) in [5.74, 6) is 1.26. The average Bonchev–Trinajstić information content (AvgIpc) is 3.20. The zero-order valence-corrected chi connectivity index (χ0v) is 13.1. The molecule has 5 heteroatoms. The molecule has 118 valence electrons. The SMILES string of the molecule is COCC1(c2nc(C(OC)c3ccccc3)no2)CCCC1. The van der Waals surface area contributed by atoms with Crippen molar-refractivity contribution in [1.82, 2.24) is 10.1 Å². The minimum Gasteiger partial charge on any atom is -0.384 e. The fourth-order valence-corrected chi connectivity index (χ4v) is 3.32. The van der Waals surface area contributed by atoms with Crippen molar-refractivity contribution in [2.45, 2.75) is 37.2 Å². The second-order valence-corrected chi connectivity index (χ2v) is 5.90. The summed E-state index contributed by atoms with van der Waals surface area (Å²) in [6, 6.07) is 9.94. The molecule has 0 saturated heterocycles. The smallest absolute Gasteiger partial charge is 0.235 e. The van der Waals surface area contributed by atoms with Crippen LogP contribution in [0.2, 0.25) is 0 Å². The lowest BCUT2D eigenvalue weighted by atomic mass is 9.87. The van der Waals surface area contributed by atoms with E-state index in [0.717, 1.165) is 18.4 Å². The Balaban J connectivity index is 1.89. The van der Waals surface area contributed by atoms with Crippen LogP contribution < -0.4 is 0 Å². The molecule has 1 aromatic heterocycles. The molecule has 1 atom stereocenters. The standard InChI is InChI=1S/C17H22N2O3/c1-20-12-17(10-6-7-11-17)16-18-15(19-22-16)14(21-2)13-8-4-3-5-9-13/h3-5,8-9,14H,6-7,10-12H2,1-2H3. The third-order valence-electron chi connectivity index (χ3n) is 4.45. The van der Waals surface area contributed by atoms with Crippen molar-refractivity contribution in [2.24, 2.45) is 0 Å². The van der Waals surface area contributed by atoms with Crippen LogP contribution in [0.25, 0.3) is 0 Å². The van der Waals surface area contributed by atoms with Gasteiger partial charge < -0.3 is 14.0 Å². The zero-order chi connectivity index (χ0) is 15.4. The Morgan fingerprint density at radius 2 is 1.91 bits per heavy atom. The van der Waals surface area contributed by atoms with Gasteiger partial charge in [-0.05, 0) is 18.4 Å². The molecule has 0 bridgehead atoms. The molecule has 1 heterocycles. The molecule has 0 radical (unpaired) electrons. The lowest BCUT2D eigenvalue weighted by Crippen LogP contribution is -2.28. The molecule has 0 N–H and O–H groups in total. The Morgan fingerprint density at radius 3 is 2.55 bits per heavy atom. The van der Waals surface area contributed by atoms with Crippen LogP contribution in [0.15, 0.2) is 34.9 Å². The monoisotopic (exact) mass is 302 g/mol. The van der Waals surface area contributed by atoms with Crippen molar-refractivity contribution in [2.75, 3.05) is 20.8 Å². The maximum absolute atomic E-state index is 5.59. The van der Waals surface area contributed by atoms with Gasteiger partial charge in [0.1, 0.15) is 6.10 Å². The highest BCUT2D eigenvalue weighted by molar-refractivity contribution is 5.23. The van der Waals surface area contributed by atoms with E-state index < -0.39 is 0 Å². The maximum Gasteiger partial charge on any atom is 0.235 e. The van der Waals surface area contributed by atoms with Crippen LogP contribution in [0.5, 0.6) is 0 Å². The molecule has 0 spiro atoms. The third-order valence-corrected chi connectivity index (χ3v) is 4.45. The van der Waals surface area contributed by atoms with Crippen LogP contribution in [-0.2, 0) is 14.9 Å². The van der Waals surface area contributed by atoms with Gasteiger partial charge >= 0.3 is 0 Å². The van der Waals surface area contributed by atoms with Crippen LogP contribution in [0.4, 0.5) is 0 Å². The molecule has 1 unspecified atom stereocenters. The van der Waals surface area contributed by atoms with Gasteiger partial charge in [0, 0.05) is 14.2 Å². The normalized spacial score (nSPS) is 18.5. The maximum atomic E-state index is 5.59. The number of hydrogen-bond acceptors (Lipinski definition) is 5. The molecule has 1 aliphatic carbocycles. The summed E-state index contributed by atoms with van der Waals surface area (Å²) in [7, 11) is 3.38. The summed E-state index contributed by atoms with van der Waals surface area (Å²) in [6.45, 7) is 0.623. The number of aromatic nitrogens is 2. The Morgan fingerprint density at radius 1 is 1.18 bits per heavy atom. The summed E-state index contributed by atoms with van der Waals surface area (Å²) in [6.07, 6.45) is 4.11. The number of ether oxygens (including phenoxy) is 2. The highest BCUT2D eigenvalue weighted by Gasteiger charge is 2.41. The number of rotatable bonds is 6. The van der Waals surface area contributed by atoms with Gasteiger partial charge in [0.25, 0.3) is 0 Å². The molecule has 1 aliphatic rings. The predicted octanol–water partition coefficient (Wildman–Crippen LogP) is 3.26. The lowest BCUT2D eigenvalue weighted by molar-refractivity contribution is 0.109. The first-order chi connectivity index (χ1) is 10.8. The van der Waals surface area contributed by atoms with Crippen LogP contribution in [0, 0.1) is 0 Å². The number of nitrogens with zero attached hydrogens (tertiary/aromatic N) is 2. The molecular formula is C17H22N2O3. The summed E-state index contributed by atoms with van der Waals surface area (Å²) >= 11 is 0. The van der Waals surface area contributed by atoms with Gasteiger partial charge in [-0.25, -0.2) is 0 Å². The molecule has 1 aromatic carbocycles. The van der Waals surface area contributed by atoms with Crippen LogP contribution in [-0.4, -0.2) is 31.0 Å². The topological polar surface area (TPSA) is 57.4 Å². The molecule has 2 aromatic rings. The Hall–Kier alpha value is -1.72. The largest absolute Gasteiger partial charge is 0.384 e. The average molecular weight is 302 g/mol. The minimum atomic E-state index is -0.306. The first-order valence-electron chi connectivity index (χ1n) is 7.70. The molecule has 0 aliphatic heterocycles. The molecular weight excluding hydrogens is 280 g/mol. The fraction of sp³-hybridized carbons (Fsp3) is 0.529. The Kier molecular flexibility index (Phi) is 4.55. The molecule has 3 rings (SSSR count). The second kappa shape index (κ2) is 6.58. The van der Waals surface area contributed by atoms with E-state index in [0.29, 0.717) is 18.3 Å². The number of benzene rings is 1. The first kappa shape index (κ1) is 15.2. The fourth-order valence-electron chi connectivity index (χ4n) is 3.32. The van der Waals surface area contributed by atoms with Gasteiger partial charge in [0.2, 0.25) is 11.7 Å². The molecule has 1 saturated carbocycles. The summed E-state index contributed by atoms with van der Waals surface area (Å²) in [5.41, 5.74) is 0.888. The van der Waals surface area contributed by atoms with Gasteiger partial charge in [-0.1, -0.05) is 48.3 Å². The van der Waals surface area contributed by atoms with E-state index in [1.807, 2.05) is 30.3 Å². The Labute approximate surface area is 130 Å². The predicted molar refractivity (Wildman–Crippen MR) is 81.6 cm³/mol. The van der Waals surface area contributed by atoms with E-state index >= 15 is 0 Å². The van der Waals surface area contributed by atoms with Gasteiger partial charge in [-0.3, -0.25) is 0 Å². The minimum absolute atomic E-state index is 0.130. The summed E-state index contributed by atoms with van der Waals surface area (Å²) in [5, 5.41) is 4.17. The van der Waals surface area contributed by atoms with E-state index in [-0.39, 0.29) is 11.5 Å². The van der Waals surface area contributed by atoms with Gasteiger partial charge in [-0.15, -0.1) is 0 Å². The highest BCUT2D eigenvalue weighted by atomic mass is 16.5. The zero-order valence-electron chi connectivity index (χ0n) is 13.1. The molecule has 1 fully saturated rings. The van der Waals surface area contributed by atoms with Crippen molar-refractivity contribution in [3.63, 3.8) is 0 Å². The van der Waals surface area contributed by atoms with Crippen molar-refractivity contribution in [3.8, 4) is 0 Å². The van der Waals surface area contributed by atoms with E-state index in [1.54, 1.807) is 14.2 Å². The van der Waals surface area contributed by atoms with Crippen molar-refractivity contribution >= 4 is 0 Å². The summed E-state index contributed by atoms with van der Waals surface area (Å²) < 4.78 is 16.6. The van der Waals surface area contributed by atoms with E-state index in [2.05, 4.69) is 10.1 Å². The van der Waals surface area contributed by atoms with Crippen LogP contribution >= 0.6 is 0 Å². The first-order valence-corrected chi connectivity index (χ1v) is 7.70. The summed E-state index contributed by atoms with van der Waals surface area (Å²) in [4.78, 5) is 4.65. The third kappa shape index (κ3) is 2.78. The lowest BCUT2D eigenvalue weighted by Gasteiger charge is -2.23. The van der Waals surface area contributed by atoms with E-state index in [9.17, 15) is 0 Å². The van der Waals surface area contributed by atoms with Crippen LogP contribution in [0.3, 0.4) is 0 Å². The van der Waals surface area contributed by atoms with Crippen molar-refractivity contribution in [1.29, 1.82) is 0 Å². The van der Waals surface area contributed by atoms with E-state index in [4.69, 9.17) is 14.0 Å². The number of methoxy groups -OCH3 is 2. The number of hydrogen-bond donors (Lipinski definition) is 0. The van der Waals surface area contributed by atoms with E-state index in [1.165, 1.54) is 12.8 Å². The molecule has 0 amide bonds. The molecule has 22 heavy (non-hydrogen) atoms. The van der Waals surface area contributed by atoms with Crippen molar-refractivity contribution in [3.05, 3.63) is 47.6 Å². The Bertz CT molecular complexity index is 591. The molecule has 5 nitrogen and oxygen atoms in total. The van der Waals surface area contributed by atoms with Gasteiger partial charge in [-0.2, -0.15) is 4.98 Å². The van der Waals surface area contributed by atoms with Crippen LogP contribution in [0.1, 0.15) is 49.1 Å². The van der Waals surface area contributed by atoms with Gasteiger partial charge in [0.05, 0.1) is 12.0 Å². The quantitative estimate of drug-likeness (QED) is 0.819. The second-order valence-electron chi connectivity index (χ2n) is 5.90.